The van der Waals surface area contributed by atoms with Crippen molar-refractivity contribution in [3.63, 3.8) is 0 Å². The first-order valence-corrected chi connectivity index (χ1v) is 13.4. The van der Waals surface area contributed by atoms with Gasteiger partial charge in [0.15, 0.2) is 0 Å². The third-order valence-corrected chi connectivity index (χ3v) is 10.6. The maximum atomic E-state index is 4.84. The van der Waals surface area contributed by atoms with Gasteiger partial charge in [-0.15, -0.1) is 0 Å². The molecule has 0 bridgehead atoms. The Balaban J connectivity index is 1.39. The second-order valence-electron chi connectivity index (χ2n) is 11.5. The first-order chi connectivity index (χ1) is 13.5. The lowest BCUT2D eigenvalue weighted by Gasteiger charge is -2.58. The molecule has 0 nitrogen and oxygen atoms in total. The van der Waals surface area contributed by atoms with E-state index < -0.39 is 0 Å². The summed E-state index contributed by atoms with van der Waals surface area (Å²) < 4.78 is 0. The normalized spacial score (nSPS) is 45.1. The summed E-state index contributed by atoms with van der Waals surface area (Å²) in [6.07, 6.45) is 24.5. The zero-order valence-corrected chi connectivity index (χ0v) is 19.9. The van der Waals surface area contributed by atoms with Gasteiger partial charge in [-0.3, -0.25) is 0 Å². The van der Waals surface area contributed by atoms with Crippen LogP contribution in [0, 0.1) is 34.5 Å². The molecule has 3 saturated carbocycles. The Morgan fingerprint density at radius 2 is 1.71 bits per heavy atom. The van der Waals surface area contributed by atoms with Crippen molar-refractivity contribution in [2.45, 2.75) is 122 Å². The van der Waals surface area contributed by atoms with Gasteiger partial charge in [0, 0.05) is 5.25 Å². The summed E-state index contributed by atoms with van der Waals surface area (Å²) in [5.74, 6) is 3.99. The number of hydrogen-bond donors (Lipinski definition) is 1. The highest BCUT2D eigenvalue weighted by molar-refractivity contribution is 7.80. The Hall–Kier alpha value is 0.0900. The van der Waals surface area contributed by atoms with E-state index in [1.807, 2.05) is 0 Å². The maximum Gasteiger partial charge on any atom is 0.00545 e. The van der Waals surface area contributed by atoms with E-state index in [-0.39, 0.29) is 0 Å². The van der Waals surface area contributed by atoms with Gasteiger partial charge in [-0.2, -0.15) is 12.6 Å². The van der Waals surface area contributed by atoms with E-state index in [2.05, 4.69) is 26.8 Å². The lowest BCUT2D eigenvalue weighted by Crippen LogP contribution is -2.50. The van der Waals surface area contributed by atoms with Crippen molar-refractivity contribution in [2.75, 3.05) is 0 Å². The fourth-order valence-corrected chi connectivity index (χ4v) is 8.72. The third-order valence-electron chi connectivity index (χ3n) is 10.2. The summed E-state index contributed by atoms with van der Waals surface area (Å²) in [7, 11) is 0. The van der Waals surface area contributed by atoms with Gasteiger partial charge >= 0.3 is 0 Å². The molecule has 0 amide bonds. The monoisotopic (exact) mass is 402 g/mol. The van der Waals surface area contributed by atoms with Crippen molar-refractivity contribution in [3.8, 4) is 0 Å². The van der Waals surface area contributed by atoms with Crippen LogP contribution in [0.15, 0.2) is 11.6 Å². The Morgan fingerprint density at radius 1 is 0.929 bits per heavy atom. The Kier molecular flexibility index (Phi) is 6.61. The molecule has 0 heterocycles. The minimum absolute atomic E-state index is 0.515. The maximum absolute atomic E-state index is 4.84. The molecule has 7 atom stereocenters. The van der Waals surface area contributed by atoms with Crippen molar-refractivity contribution in [3.05, 3.63) is 11.6 Å². The predicted octanol–water partition coefficient (Wildman–Crippen LogP) is 8.61. The second kappa shape index (κ2) is 8.68. The highest BCUT2D eigenvalue weighted by Gasteiger charge is 2.58. The average Bonchev–Trinajstić information content (AvgIpc) is 3.01. The van der Waals surface area contributed by atoms with Crippen LogP contribution in [0.1, 0.15) is 117 Å². The van der Waals surface area contributed by atoms with Crippen LogP contribution in [0.25, 0.3) is 0 Å². The van der Waals surface area contributed by atoms with Crippen LogP contribution in [0.4, 0.5) is 0 Å². The summed E-state index contributed by atoms with van der Waals surface area (Å²) in [6, 6.07) is 0. The van der Waals surface area contributed by atoms with Crippen LogP contribution in [0.5, 0.6) is 0 Å². The lowest BCUT2D eigenvalue weighted by atomic mass is 9.47. The van der Waals surface area contributed by atoms with Gasteiger partial charge in [0.2, 0.25) is 0 Å². The highest BCUT2D eigenvalue weighted by atomic mass is 32.1. The predicted molar refractivity (Wildman–Crippen MR) is 126 cm³/mol. The molecular weight excluding hydrogens is 356 g/mol. The molecule has 0 radical (unpaired) electrons. The van der Waals surface area contributed by atoms with Crippen LogP contribution in [-0.2, 0) is 0 Å². The van der Waals surface area contributed by atoms with Crippen LogP contribution in [-0.4, -0.2) is 5.25 Å². The number of unbranched alkanes of at least 4 members (excludes halogenated alkanes) is 5. The minimum Gasteiger partial charge on any atom is -0.176 e. The molecule has 0 aliphatic heterocycles. The number of allylic oxidation sites excluding steroid dienone is 2. The molecule has 0 N–H and O–H groups in total. The van der Waals surface area contributed by atoms with E-state index in [1.165, 1.54) is 96.3 Å². The summed E-state index contributed by atoms with van der Waals surface area (Å²) in [4.78, 5) is 0. The highest BCUT2D eigenvalue weighted by Crippen LogP contribution is 2.66. The molecule has 1 unspecified atom stereocenters. The van der Waals surface area contributed by atoms with Crippen molar-refractivity contribution < 1.29 is 0 Å². The fraction of sp³-hybridized carbons (Fsp3) is 0.926. The van der Waals surface area contributed by atoms with E-state index >= 15 is 0 Å². The van der Waals surface area contributed by atoms with Crippen LogP contribution >= 0.6 is 12.6 Å². The Bertz CT molecular complexity index is 565. The van der Waals surface area contributed by atoms with Gasteiger partial charge in [-0.05, 0) is 92.3 Å². The van der Waals surface area contributed by atoms with E-state index in [0.29, 0.717) is 16.1 Å². The summed E-state index contributed by atoms with van der Waals surface area (Å²) in [5, 5.41) is 0.623. The van der Waals surface area contributed by atoms with Crippen LogP contribution in [0.2, 0.25) is 0 Å². The molecule has 3 fully saturated rings. The third kappa shape index (κ3) is 3.76. The first kappa shape index (κ1) is 21.3. The van der Waals surface area contributed by atoms with E-state index in [9.17, 15) is 0 Å². The number of thiol groups is 1. The zero-order valence-electron chi connectivity index (χ0n) is 19.0. The van der Waals surface area contributed by atoms with Crippen molar-refractivity contribution in [1.82, 2.24) is 0 Å². The molecule has 0 saturated heterocycles. The molecule has 4 aliphatic rings. The van der Waals surface area contributed by atoms with Crippen molar-refractivity contribution in [1.29, 1.82) is 0 Å². The standard InChI is InChI=1S/C27H46S/c1-4-5-6-7-8-9-10-20-12-14-24-23-13-11-21-19-22(28)15-17-27(21,3)25(23)16-18-26(20,24)2/h11,20,22-25,28H,4-10,12-19H2,1-3H3/t20-,22?,23-,24-,25-,26+,27-/m0/s1. The molecule has 28 heavy (non-hydrogen) atoms. The smallest absolute Gasteiger partial charge is 0.00545 e. The number of fused-ring (bicyclic) bond motifs is 5. The average molecular weight is 403 g/mol. The lowest BCUT2D eigenvalue weighted by molar-refractivity contribution is -0.0421. The molecule has 160 valence electrons. The molecule has 4 aliphatic carbocycles. The zero-order chi connectivity index (χ0) is 19.8. The quantitative estimate of drug-likeness (QED) is 0.246. The Labute approximate surface area is 181 Å². The van der Waals surface area contributed by atoms with Gasteiger partial charge in [-0.25, -0.2) is 0 Å². The second-order valence-corrected chi connectivity index (χ2v) is 12.3. The molecule has 0 aromatic carbocycles. The van der Waals surface area contributed by atoms with Gasteiger partial charge in [-0.1, -0.05) is 70.9 Å². The topological polar surface area (TPSA) is 0 Å². The van der Waals surface area contributed by atoms with Crippen LogP contribution < -0.4 is 0 Å². The van der Waals surface area contributed by atoms with Gasteiger partial charge in [0.05, 0.1) is 0 Å². The van der Waals surface area contributed by atoms with Crippen LogP contribution in [0.3, 0.4) is 0 Å². The molecule has 0 aromatic rings. The van der Waals surface area contributed by atoms with E-state index in [0.717, 1.165) is 23.7 Å². The van der Waals surface area contributed by atoms with E-state index in [4.69, 9.17) is 12.6 Å². The summed E-state index contributed by atoms with van der Waals surface area (Å²) in [5.41, 5.74) is 2.97. The molecule has 4 rings (SSSR count). The molecule has 0 spiro atoms. The largest absolute Gasteiger partial charge is 0.176 e. The Morgan fingerprint density at radius 3 is 2.54 bits per heavy atom. The van der Waals surface area contributed by atoms with Gasteiger partial charge < -0.3 is 0 Å². The first-order valence-electron chi connectivity index (χ1n) is 12.9. The number of rotatable bonds is 7. The summed E-state index contributed by atoms with van der Waals surface area (Å²) in [6.45, 7) is 7.68. The van der Waals surface area contributed by atoms with E-state index in [1.54, 1.807) is 5.57 Å². The van der Waals surface area contributed by atoms with Gasteiger partial charge in [0.25, 0.3) is 0 Å². The fourth-order valence-electron chi connectivity index (χ4n) is 8.40. The van der Waals surface area contributed by atoms with Gasteiger partial charge in [0.1, 0.15) is 0 Å². The molecular formula is C27H46S. The van der Waals surface area contributed by atoms with Crippen molar-refractivity contribution >= 4 is 12.6 Å². The van der Waals surface area contributed by atoms with Crippen molar-refractivity contribution in [2.24, 2.45) is 34.5 Å². The SMILES string of the molecule is CCCCCCCC[C@H]1CC[C@H]2[C@@H]3CC=C4CC(S)CC[C@]4(C)[C@H]3CC[C@]12C. The number of hydrogen-bond acceptors (Lipinski definition) is 1. The minimum atomic E-state index is 0.515. The molecule has 1 heteroatoms. The molecule has 0 aromatic heterocycles. The summed E-state index contributed by atoms with van der Waals surface area (Å²) >= 11 is 4.84.